The summed E-state index contributed by atoms with van der Waals surface area (Å²) in [5.41, 5.74) is 4.76. The first-order chi connectivity index (χ1) is 7.25. The van der Waals surface area contributed by atoms with Crippen LogP contribution in [0.25, 0.3) is 0 Å². The van der Waals surface area contributed by atoms with Crippen molar-refractivity contribution in [2.45, 2.75) is 33.0 Å². The van der Waals surface area contributed by atoms with Crippen molar-refractivity contribution in [1.82, 2.24) is 10.9 Å². The molecule has 0 bridgehead atoms. The highest BCUT2D eigenvalue weighted by Crippen LogP contribution is 2.33. The van der Waals surface area contributed by atoms with E-state index in [1.807, 2.05) is 0 Å². The van der Waals surface area contributed by atoms with Crippen LogP contribution in [0.5, 0.6) is 0 Å². The number of halogens is 3. The van der Waals surface area contributed by atoms with Gasteiger partial charge < -0.3 is 0 Å². The summed E-state index contributed by atoms with van der Waals surface area (Å²) in [6, 6.07) is -0.789. The van der Waals surface area contributed by atoms with Gasteiger partial charge in [-0.3, -0.25) is 10.9 Å². The van der Waals surface area contributed by atoms with Crippen LogP contribution in [-0.4, -0.2) is 19.3 Å². The molecule has 0 heterocycles. The summed E-state index contributed by atoms with van der Waals surface area (Å²) in [5, 5.41) is 0. The third-order valence-electron chi connectivity index (χ3n) is 2.31. The molecule has 1 atom stereocenters. The molecule has 0 aliphatic rings. The molecule has 0 radical (unpaired) electrons. The first-order valence-corrected chi connectivity index (χ1v) is 5.08. The van der Waals surface area contributed by atoms with Gasteiger partial charge in [0.1, 0.15) is 0 Å². The van der Waals surface area contributed by atoms with E-state index in [9.17, 15) is 13.2 Å². The third kappa shape index (κ3) is 3.98. The van der Waals surface area contributed by atoms with E-state index in [-0.39, 0.29) is 11.5 Å². The summed E-state index contributed by atoms with van der Waals surface area (Å²) in [5.74, 6) is -0.182. The Morgan fingerprint density at radius 1 is 1.31 bits per heavy atom. The largest absolute Gasteiger partial charge is 0.414 e. The molecule has 0 saturated heterocycles. The Kier molecular flexibility index (Phi) is 5.75. The molecule has 5 heteroatoms. The first-order valence-electron chi connectivity index (χ1n) is 5.08. The minimum absolute atomic E-state index is 0.147. The van der Waals surface area contributed by atoms with Crippen LogP contribution in [-0.2, 0) is 0 Å². The predicted molar refractivity (Wildman–Crippen MR) is 59.8 cm³/mol. The van der Waals surface area contributed by atoms with Crippen LogP contribution < -0.4 is 10.9 Å². The van der Waals surface area contributed by atoms with Gasteiger partial charge in [-0.05, 0) is 25.5 Å². The van der Waals surface area contributed by atoms with Crippen LogP contribution in [0.2, 0.25) is 0 Å². The van der Waals surface area contributed by atoms with Crippen molar-refractivity contribution in [3.8, 4) is 0 Å². The Bertz CT molecular complexity index is 267. The first kappa shape index (κ1) is 15.2. The van der Waals surface area contributed by atoms with Gasteiger partial charge in [0.15, 0.2) is 0 Å². The molecule has 0 saturated carbocycles. The topological polar surface area (TPSA) is 24.1 Å². The van der Waals surface area contributed by atoms with E-state index in [0.29, 0.717) is 0 Å². The number of hydrazine groups is 1. The lowest BCUT2D eigenvalue weighted by molar-refractivity contribution is -0.0992. The fourth-order valence-electron chi connectivity index (χ4n) is 1.48. The monoisotopic (exact) mass is 236 g/mol. The van der Waals surface area contributed by atoms with E-state index in [4.69, 9.17) is 0 Å². The molecule has 0 amide bonds. The van der Waals surface area contributed by atoms with Crippen LogP contribution in [0.15, 0.2) is 23.8 Å². The molecule has 16 heavy (non-hydrogen) atoms. The highest BCUT2D eigenvalue weighted by Gasteiger charge is 2.40. The molecule has 0 aliphatic carbocycles. The summed E-state index contributed by atoms with van der Waals surface area (Å²) in [4.78, 5) is 0. The summed E-state index contributed by atoms with van der Waals surface area (Å²) in [6.07, 6.45) is -3.12. The SMILES string of the molecule is C=C/C(C)=C(\[C@@H](NNC)C(C)C)C(F)(F)F. The van der Waals surface area contributed by atoms with E-state index < -0.39 is 17.8 Å². The van der Waals surface area contributed by atoms with E-state index in [1.165, 1.54) is 13.0 Å². The van der Waals surface area contributed by atoms with Crippen molar-refractivity contribution < 1.29 is 13.2 Å². The van der Waals surface area contributed by atoms with Gasteiger partial charge >= 0.3 is 6.18 Å². The molecule has 0 fully saturated rings. The van der Waals surface area contributed by atoms with Gasteiger partial charge in [-0.15, -0.1) is 0 Å². The van der Waals surface area contributed by atoms with Gasteiger partial charge in [-0.2, -0.15) is 13.2 Å². The summed E-state index contributed by atoms with van der Waals surface area (Å²) < 4.78 is 38.8. The predicted octanol–water partition coefficient (Wildman–Crippen LogP) is 2.80. The maximum absolute atomic E-state index is 12.9. The maximum Gasteiger partial charge on any atom is 0.414 e. The normalized spacial score (nSPS) is 16.0. The summed E-state index contributed by atoms with van der Waals surface area (Å²) >= 11 is 0. The quantitative estimate of drug-likeness (QED) is 0.566. The van der Waals surface area contributed by atoms with Crippen molar-refractivity contribution in [2.24, 2.45) is 5.92 Å². The molecule has 2 N–H and O–H groups in total. The summed E-state index contributed by atoms with van der Waals surface area (Å²) in [7, 11) is 1.55. The fourth-order valence-corrected chi connectivity index (χ4v) is 1.48. The molecular formula is C11H19F3N2. The van der Waals surface area contributed by atoms with Crippen molar-refractivity contribution in [2.75, 3.05) is 7.05 Å². The zero-order valence-corrected chi connectivity index (χ0v) is 10.1. The second kappa shape index (κ2) is 6.06. The second-order valence-corrected chi connectivity index (χ2v) is 3.91. The Hall–Kier alpha value is -0.810. The lowest BCUT2D eigenvalue weighted by Gasteiger charge is -2.27. The molecule has 0 aliphatic heterocycles. The zero-order chi connectivity index (χ0) is 12.9. The van der Waals surface area contributed by atoms with E-state index in [0.717, 1.165) is 0 Å². The molecule has 0 rings (SSSR count). The highest BCUT2D eigenvalue weighted by atomic mass is 19.4. The smallest absolute Gasteiger partial charge is 0.260 e. The number of nitrogens with one attached hydrogen (secondary N) is 2. The Labute approximate surface area is 94.6 Å². The van der Waals surface area contributed by atoms with Gasteiger partial charge in [0.2, 0.25) is 0 Å². The van der Waals surface area contributed by atoms with Crippen LogP contribution in [0.1, 0.15) is 20.8 Å². The average molecular weight is 236 g/mol. The number of allylic oxidation sites excluding steroid dienone is 2. The number of alkyl halides is 3. The second-order valence-electron chi connectivity index (χ2n) is 3.91. The lowest BCUT2D eigenvalue weighted by atomic mass is 9.92. The van der Waals surface area contributed by atoms with Gasteiger partial charge in [0.05, 0.1) is 11.6 Å². The molecular weight excluding hydrogens is 217 g/mol. The van der Waals surface area contributed by atoms with Crippen molar-refractivity contribution >= 4 is 0 Å². The van der Waals surface area contributed by atoms with Crippen molar-refractivity contribution in [3.05, 3.63) is 23.8 Å². The van der Waals surface area contributed by atoms with E-state index >= 15 is 0 Å². The Morgan fingerprint density at radius 2 is 1.81 bits per heavy atom. The van der Waals surface area contributed by atoms with Gasteiger partial charge in [0.25, 0.3) is 0 Å². The maximum atomic E-state index is 12.9. The number of hydrogen-bond donors (Lipinski definition) is 2. The summed E-state index contributed by atoms with van der Waals surface area (Å²) in [6.45, 7) is 8.28. The van der Waals surface area contributed by atoms with Gasteiger partial charge in [-0.1, -0.05) is 26.5 Å². The van der Waals surface area contributed by atoms with Gasteiger partial charge in [0, 0.05) is 0 Å². The van der Waals surface area contributed by atoms with E-state index in [1.54, 1.807) is 20.9 Å². The lowest BCUT2D eigenvalue weighted by Crippen LogP contribution is -2.46. The molecule has 2 nitrogen and oxygen atoms in total. The standard InChI is InChI=1S/C11H19F3N2/c1-6-8(4)9(11(12,13)14)10(7(2)3)16-15-5/h6-7,10,15-16H,1H2,2-5H3/b9-8+/t10-/m0/s1. The molecule has 0 aromatic carbocycles. The van der Waals surface area contributed by atoms with Crippen molar-refractivity contribution in [3.63, 3.8) is 0 Å². The minimum atomic E-state index is -4.35. The molecule has 94 valence electrons. The molecule has 0 aromatic heterocycles. The Morgan fingerprint density at radius 3 is 2.06 bits per heavy atom. The van der Waals surface area contributed by atoms with Crippen LogP contribution >= 0.6 is 0 Å². The molecule has 0 unspecified atom stereocenters. The highest BCUT2D eigenvalue weighted by molar-refractivity contribution is 5.30. The van der Waals surface area contributed by atoms with Crippen LogP contribution in [0.4, 0.5) is 13.2 Å². The Balaban J connectivity index is 5.40. The third-order valence-corrected chi connectivity index (χ3v) is 2.31. The molecule has 0 aromatic rings. The number of hydrogen-bond acceptors (Lipinski definition) is 2. The molecule has 0 spiro atoms. The van der Waals surface area contributed by atoms with Crippen LogP contribution in [0, 0.1) is 5.92 Å². The number of rotatable bonds is 5. The fraction of sp³-hybridized carbons (Fsp3) is 0.636. The van der Waals surface area contributed by atoms with Crippen molar-refractivity contribution in [1.29, 1.82) is 0 Å². The minimum Gasteiger partial charge on any atom is -0.260 e. The van der Waals surface area contributed by atoms with Crippen LogP contribution in [0.3, 0.4) is 0 Å². The zero-order valence-electron chi connectivity index (χ0n) is 10.1. The van der Waals surface area contributed by atoms with E-state index in [2.05, 4.69) is 17.4 Å². The van der Waals surface area contributed by atoms with Gasteiger partial charge in [-0.25, -0.2) is 0 Å². The average Bonchev–Trinajstić information content (AvgIpc) is 2.14.